The summed E-state index contributed by atoms with van der Waals surface area (Å²) in [7, 11) is 1.96. The summed E-state index contributed by atoms with van der Waals surface area (Å²) in [6.07, 6.45) is 3.27. The van der Waals surface area contributed by atoms with Gasteiger partial charge in [-0.05, 0) is 37.4 Å². The lowest BCUT2D eigenvalue weighted by Crippen LogP contribution is -2.38. The fourth-order valence-corrected chi connectivity index (χ4v) is 2.81. The van der Waals surface area contributed by atoms with Crippen molar-refractivity contribution in [3.8, 4) is 0 Å². The van der Waals surface area contributed by atoms with E-state index in [0.29, 0.717) is 0 Å². The number of rotatable bonds is 3. The van der Waals surface area contributed by atoms with Gasteiger partial charge in [-0.3, -0.25) is 4.98 Å². The first-order valence-electron chi connectivity index (χ1n) is 6.53. The number of nitrogens with zero attached hydrogens (tertiary/aromatic N) is 2. The number of aromatic nitrogens is 1. The van der Waals surface area contributed by atoms with Gasteiger partial charge in [-0.15, -0.1) is 0 Å². The lowest BCUT2D eigenvalue weighted by molar-refractivity contribution is 0.357. The van der Waals surface area contributed by atoms with E-state index in [-0.39, 0.29) is 0 Å². The molecule has 3 nitrogen and oxygen atoms in total. The van der Waals surface area contributed by atoms with Gasteiger partial charge in [0, 0.05) is 31.5 Å². The summed E-state index contributed by atoms with van der Waals surface area (Å²) < 4.78 is 0. The summed E-state index contributed by atoms with van der Waals surface area (Å²) >= 11 is 0. The number of hydrogen-bond donors (Lipinski definition) is 1. The molecule has 0 aromatic carbocycles. The molecule has 0 aliphatic carbocycles. The van der Waals surface area contributed by atoms with Crippen LogP contribution in [-0.4, -0.2) is 25.1 Å². The third kappa shape index (κ3) is 3.19. The molecule has 2 unspecified atom stereocenters. The molecule has 2 heterocycles. The van der Waals surface area contributed by atoms with Crippen LogP contribution in [0.4, 0.5) is 5.69 Å². The SMILES string of the molecule is CNCc1cc(N2CC(C)CC(C)C2)ccn1. The van der Waals surface area contributed by atoms with Gasteiger partial charge in [-0.25, -0.2) is 0 Å². The van der Waals surface area contributed by atoms with Crippen LogP contribution >= 0.6 is 0 Å². The van der Waals surface area contributed by atoms with Gasteiger partial charge >= 0.3 is 0 Å². The Morgan fingerprint density at radius 2 is 2.06 bits per heavy atom. The zero-order chi connectivity index (χ0) is 12.3. The summed E-state index contributed by atoms with van der Waals surface area (Å²) in [5.41, 5.74) is 2.44. The average molecular weight is 233 g/mol. The first-order valence-corrected chi connectivity index (χ1v) is 6.53. The molecule has 1 fully saturated rings. The first-order chi connectivity index (χ1) is 8.19. The van der Waals surface area contributed by atoms with Crippen LogP contribution in [0.5, 0.6) is 0 Å². The fourth-order valence-electron chi connectivity index (χ4n) is 2.81. The van der Waals surface area contributed by atoms with Crippen LogP contribution in [-0.2, 0) is 6.54 Å². The van der Waals surface area contributed by atoms with E-state index in [9.17, 15) is 0 Å². The molecular weight excluding hydrogens is 210 g/mol. The molecule has 1 N–H and O–H groups in total. The van der Waals surface area contributed by atoms with E-state index in [2.05, 4.69) is 41.2 Å². The van der Waals surface area contributed by atoms with Crippen molar-refractivity contribution in [2.75, 3.05) is 25.0 Å². The summed E-state index contributed by atoms with van der Waals surface area (Å²) in [4.78, 5) is 6.87. The van der Waals surface area contributed by atoms with Gasteiger partial charge in [-0.1, -0.05) is 13.8 Å². The van der Waals surface area contributed by atoms with Crippen LogP contribution in [0.1, 0.15) is 26.0 Å². The van der Waals surface area contributed by atoms with Crippen molar-refractivity contribution in [3.63, 3.8) is 0 Å². The average Bonchev–Trinajstić information content (AvgIpc) is 2.28. The second-order valence-corrected chi connectivity index (χ2v) is 5.39. The van der Waals surface area contributed by atoms with E-state index in [0.717, 1.165) is 24.1 Å². The minimum absolute atomic E-state index is 0.791. The molecule has 0 saturated carbocycles. The van der Waals surface area contributed by atoms with Gasteiger partial charge < -0.3 is 10.2 Å². The van der Waals surface area contributed by atoms with Gasteiger partial charge in [-0.2, -0.15) is 0 Å². The first kappa shape index (κ1) is 12.4. The molecule has 2 rings (SSSR count). The minimum atomic E-state index is 0.791. The molecule has 0 amide bonds. The maximum Gasteiger partial charge on any atom is 0.0562 e. The van der Waals surface area contributed by atoms with Gasteiger partial charge in [0.15, 0.2) is 0 Å². The van der Waals surface area contributed by atoms with Gasteiger partial charge in [0.25, 0.3) is 0 Å². The Bertz CT molecular complexity index is 354. The normalized spacial score (nSPS) is 25.0. The Labute approximate surface area is 104 Å². The zero-order valence-corrected chi connectivity index (χ0v) is 11.1. The van der Waals surface area contributed by atoms with E-state index in [1.807, 2.05) is 13.2 Å². The highest BCUT2D eigenvalue weighted by atomic mass is 15.1. The summed E-state index contributed by atoms with van der Waals surface area (Å²) in [5, 5.41) is 3.15. The van der Waals surface area contributed by atoms with Crippen molar-refractivity contribution < 1.29 is 0 Å². The third-order valence-electron chi connectivity index (χ3n) is 3.39. The van der Waals surface area contributed by atoms with E-state index in [1.54, 1.807) is 0 Å². The maximum absolute atomic E-state index is 4.37. The Balaban J connectivity index is 2.12. The highest BCUT2D eigenvalue weighted by molar-refractivity contribution is 5.47. The molecule has 2 atom stereocenters. The molecule has 1 aromatic heterocycles. The molecule has 0 radical (unpaired) electrons. The van der Waals surface area contributed by atoms with E-state index in [1.165, 1.54) is 25.2 Å². The standard InChI is InChI=1S/C14H23N3/c1-11-6-12(2)10-17(9-11)14-4-5-16-13(7-14)8-15-3/h4-5,7,11-12,15H,6,8-10H2,1-3H3. The molecule has 1 saturated heterocycles. The van der Waals surface area contributed by atoms with Crippen LogP contribution in [0, 0.1) is 11.8 Å². The van der Waals surface area contributed by atoms with Crippen molar-refractivity contribution >= 4 is 5.69 Å². The zero-order valence-electron chi connectivity index (χ0n) is 11.1. The summed E-state index contributed by atoms with van der Waals surface area (Å²) in [6, 6.07) is 4.34. The Morgan fingerprint density at radius 3 is 2.71 bits per heavy atom. The van der Waals surface area contributed by atoms with Crippen molar-refractivity contribution in [1.29, 1.82) is 0 Å². The number of pyridine rings is 1. The Kier molecular flexibility index (Phi) is 4.00. The van der Waals surface area contributed by atoms with Crippen LogP contribution in [0.3, 0.4) is 0 Å². The van der Waals surface area contributed by atoms with E-state index < -0.39 is 0 Å². The lowest BCUT2D eigenvalue weighted by Gasteiger charge is -2.36. The molecule has 1 aromatic rings. The van der Waals surface area contributed by atoms with E-state index in [4.69, 9.17) is 0 Å². The smallest absolute Gasteiger partial charge is 0.0562 e. The second kappa shape index (κ2) is 5.50. The molecular formula is C14H23N3. The minimum Gasteiger partial charge on any atom is -0.371 e. The summed E-state index contributed by atoms with van der Waals surface area (Å²) in [5.74, 6) is 1.58. The number of nitrogens with one attached hydrogen (secondary N) is 1. The topological polar surface area (TPSA) is 28.2 Å². The third-order valence-corrected chi connectivity index (χ3v) is 3.39. The van der Waals surface area contributed by atoms with Crippen LogP contribution in [0.15, 0.2) is 18.3 Å². The van der Waals surface area contributed by atoms with Gasteiger partial charge in [0.05, 0.1) is 5.69 Å². The largest absolute Gasteiger partial charge is 0.371 e. The van der Waals surface area contributed by atoms with E-state index >= 15 is 0 Å². The molecule has 17 heavy (non-hydrogen) atoms. The quantitative estimate of drug-likeness (QED) is 0.868. The maximum atomic E-state index is 4.37. The molecule has 1 aliphatic heterocycles. The van der Waals surface area contributed by atoms with Crippen molar-refractivity contribution in [2.45, 2.75) is 26.8 Å². The predicted octanol–water partition coefficient (Wildman–Crippen LogP) is 2.28. The van der Waals surface area contributed by atoms with Crippen LogP contribution in [0.25, 0.3) is 0 Å². The van der Waals surface area contributed by atoms with Gasteiger partial charge in [0.2, 0.25) is 0 Å². The van der Waals surface area contributed by atoms with Gasteiger partial charge in [0.1, 0.15) is 0 Å². The fraction of sp³-hybridized carbons (Fsp3) is 0.643. The molecule has 94 valence electrons. The predicted molar refractivity (Wildman–Crippen MR) is 72.2 cm³/mol. The highest BCUT2D eigenvalue weighted by Gasteiger charge is 2.21. The number of piperidine rings is 1. The molecule has 0 bridgehead atoms. The Morgan fingerprint density at radius 1 is 1.35 bits per heavy atom. The van der Waals surface area contributed by atoms with Crippen molar-refractivity contribution in [3.05, 3.63) is 24.0 Å². The summed E-state index contributed by atoms with van der Waals surface area (Å²) in [6.45, 7) is 7.88. The number of hydrogen-bond acceptors (Lipinski definition) is 3. The second-order valence-electron chi connectivity index (χ2n) is 5.39. The van der Waals surface area contributed by atoms with Crippen molar-refractivity contribution in [1.82, 2.24) is 10.3 Å². The highest BCUT2D eigenvalue weighted by Crippen LogP contribution is 2.26. The molecule has 3 heteroatoms. The molecule has 1 aliphatic rings. The lowest BCUT2D eigenvalue weighted by atomic mass is 9.91. The van der Waals surface area contributed by atoms with Crippen LogP contribution in [0.2, 0.25) is 0 Å². The molecule has 0 spiro atoms. The van der Waals surface area contributed by atoms with Crippen LogP contribution < -0.4 is 10.2 Å². The van der Waals surface area contributed by atoms with Crippen molar-refractivity contribution in [2.24, 2.45) is 11.8 Å². The Hall–Kier alpha value is -1.09. The monoisotopic (exact) mass is 233 g/mol. The number of anilines is 1.